The van der Waals surface area contributed by atoms with E-state index in [1.807, 2.05) is 24.0 Å². The van der Waals surface area contributed by atoms with Crippen molar-refractivity contribution in [3.63, 3.8) is 0 Å². The van der Waals surface area contributed by atoms with Crippen LogP contribution in [0.3, 0.4) is 0 Å². The van der Waals surface area contributed by atoms with E-state index >= 15 is 0 Å². The number of carbonyl (C=O) groups excluding carboxylic acids is 1. The average molecular weight is 340 g/mol. The molecule has 1 fully saturated rings. The van der Waals surface area contributed by atoms with Crippen LogP contribution in [0.5, 0.6) is 5.88 Å². The lowest BCUT2D eigenvalue weighted by atomic mass is 10.2. The Morgan fingerprint density at radius 2 is 1.88 bits per heavy atom. The lowest BCUT2D eigenvalue weighted by molar-refractivity contribution is 0.0745. The molecule has 0 aromatic carbocycles. The maximum absolute atomic E-state index is 12.8. The van der Waals surface area contributed by atoms with E-state index in [0.29, 0.717) is 24.5 Å². The summed E-state index contributed by atoms with van der Waals surface area (Å²) in [7, 11) is 0. The average Bonchev–Trinajstić information content (AvgIpc) is 2.68. The molecule has 3 heterocycles. The van der Waals surface area contributed by atoms with E-state index in [9.17, 15) is 4.79 Å². The van der Waals surface area contributed by atoms with Gasteiger partial charge >= 0.3 is 0 Å². The molecule has 0 N–H and O–H groups in total. The van der Waals surface area contributed by atoms with Gasteiger partial charge in [-0.3, -0.25) is 9.78 Å². The summed E-state index contributed by atoms with van der Waals surface area (Å²) in [5, 5.41) is 0. The highest BCUT2D eigenvalue weighted by Gasteiger charge is 2.22. The Morgan fingerprint density at radius 1 is 1.16 bits per heavy atom. The molecule has 1 saturated heterocycles. The zero-order chi connectivity index (χ0) is 17.6. The largest absolute Gasteiger partial charge is 0.475 e. The number of aromatic nitrogens is 2. The summed E-state index contributed by atoms with van der Waals surface area (Å²) in [6, 6.07) is 7.49. The first-order chi connectivity index (χ1) is 12.2. The molecule has 3 rings (SSSR count). The third kappa shape index (κ3) is 4.26. The topological polar surface area (TPSA) is 58.6 Å². The standard InChI is InChI=1S/C19H24N4O2/c1-3-15(2)25-18-14-16(4-9-21-18)19(24)23-12-10-22(11-13-23)17-5-7-20-8-6-17/h4-9,14-15H,3,10-13H2,1-2H3. The maximum Gasteiger partial charge on any atom is 0.254 e. The molecule has 132 valence electrons. The molecule has 0 spiro atoms. The van der Waals surface area contributed by atoms with E-state index in [2.05, 4.69) is 21.8 Å². The van der Waals surface area contributed by atoms with E-state index < -0.39 is 0 Å². The molecule has 0 radical (unpaired) electrons. The van der Waals surface area contributed by atoms with Gasteiger partial charge < -0.3 is 14.5 Å². The Hall–Kier alpha value is -2.63. The van der Waals surface area contributed by atoms with Gasteiger partial charge in [-0.15, -0.1) is 0 Å². The molecular formula is C19H24N4O2. The fourth-order valence-corrected chi connectivity index (χ4v) is 2.80. The number of pyridine rings is 2. The van der Waals surface area contributed by atoms with E-state index in [-0.39, 0.29) is 12.0 Å². The van der Waals surface area contributed by atoms with Crippen molar-refractivity contribution in [2.45, 2.75) is 26.4 Å². The number of nitrogens with zero attached hydrogens (tertiary/aromatic N) is 4. The predicted molar refractivity (Wildman–Crippen MR) is 97.0 cm³/mol. The van der Waals surface area contributed by atoms with Gasteiger partial charge in [0, 0.05) is 62.1 Å². The quantitative estimate of drug-likeness (QED) is 0.837. The predicted octanol–water partition coefficient (Wildman–Crippen LogP) is 2.62. The Balaban J connectivity index is 1.62. The first-order valence-electron chi connectivity index (χ1n) is 8.74. The normalized spacial score (nSPS) is 15.8. The van der Waals surface area contributed by atoms with Gasteiger partial charge in [-0.2, -0.15) is 0 Å². The van der Waals surface area contributed by atoms with Gasteiger partial charge in [-0.1, -0.05) is 6.92 Å². The number of ether oxygens (including phenoxy) is 1. The molecule has 1 aliphatic rings. The van der Waals surface area contributed by atoms with Gasteiger partial charge in [0.1, 0.15) is 0 Å². The first-order valence-corrected chi connectivity index (χ1v) is 8.74. The highest BCUT2D eigenvalue weighted by Crippen LogP contribution is 2.18. The Kier molecular flexibility index (Phi) is 5.48. The minimum absolute atomic E-state index is 0.0331. The van der Waals surface area contributed by atoms with E-state index in [1.165, 1.54) is 0 Å². The van der Waals surface area contributed by atoms with Crippen molar-refractivity contribution in [1.82, 2.24) is 14.9 Å². The van der Waals surface area contributed by atoms with Crippen molar-refractivity contribution in [3.8, 4) is 5.88 Å². The Bertz CT molecular complexity index is 700. The zero-order valence-corrected chi connectivity index (χ0v) is 14.8. The fourth-order valence-electron chi connectivity index (χ4n) is 2.80. The summed E-state index contributed by atoms with van der Waals surface area (Å²) >= 11 is 0. The Morgan fingerprint density at radius 3 is 2.56 bits per heavy atom. The second-order valence-electron chi connectivity index (χ2n) is 6.20. The second-order valence-corrected chi connectivity index (χ2v) is 6.20. The molecule has 0 saturated carbocycles. The monoisotopic (exact) mass is 340 g/mol. The summed E-state index contributed by atoms with van der Waals surface area (Å²) in [5.41, 5.74) is 1.78. The number of rotatable bonds is 5. The van der Waals surface area contributed by atoms with Crippen LogP contribution in [0.25, 0.3) is 0 Å². The number of anilines is 1. The summed E-state index contributed by atoms with van der Waals surface area (Å²) < 4.78 is 5.72. The summed E-state index contributed by atoms with van der Waals surface area (Å²) in [6.45, 7) is 7.08. The van der Waals surface area contributed by atoms with Crippen molar-refractivity contribution in [1.29, 1.82) is 0 Å². The number of piperazine rings is 1. The minimum atomic E-state index is 0.0331. The SMILES string of the molecule is CCC(C)Oc1cc(C(=O)N2CCN(c3ccncc3)CC2)ccn1. The number of carbonyl (C=O) groups is 1. The van der Waals surface area contributed by atoms with Crippen molar-refractivity contribution < 1.29 is 9.53 Å². The van der Waals surface area contributed by atoms with Gasteiger partial charge in [0.25, 0.3) is 5.91 Å². The molecule has 2 aromatic heterocycles. The van der Waals surface area contributed by atoms with E-state index in [0.717, 1.165) is 25.2 Å². The van der Waals surface area contributed by atoms with E-state index in [1.54, 1.807) is 30.7 Å². The molecule has 1 aliphatic heterocycles. The fraction of sp³-hybridized carbons (Fsp3) is 0.421. The minimum Gasteiger partial charge on any atom is -0.475 e. The van der Waals surface area contributed by atoms with Crippen LogP contribution in [0.15, 0.2) is 42.9 Å². The van der Waals surface area contributed by atoms with Crippen molar-refractivity contribution in [2.24, 2.45) is 0 Å². The molecule has 6 nitrogen and oxygen atoms in total. The van der Waals surface area contributed by atoms with Crippen molar-refractivity contribution in [3.05, 3.63) is 48.4 Å². The van der Waals surface area contributed by atoms with E-state index in [4.69, 9.17) is 4.74 Å². The molecule has 25 heavy (non-hydrogen) atoms. The van der Waals surface area contributed by atoms with Gasteiger partial charge in [0.15, 0.2) is 0 Å². The summed E-state index contributed by atoms with van der Waals surface area (Å²) in [5.74, 6) is 0.543. The molecule has 1 unspecified atom stereocenters. The zero-order valence-electron chi connectivity index (χ0n) is 14.8. The molecule has 2 aromatic rings. The number of hydrogen-bond donors (Lipinski definition) is 0. The van der Waals surface area contributed by atoms with Crippen LogP contribution in [0.2, 0.25) is 0 Å². The van der Waals surface area contributed by atoms with Crippen LogP contribution in [-0.2, 0) is 0 Å². The van der Waals surface area contributed by atoms with Gasteiger partial charge in [-0.05, 0) is 31.5 Å². The van der Waals surface area contributed by atoms with Crippen molar-refractivity contribution >= 4 is 11.6 Å². The van der Waals surface area contributed by atoms with Gasteiger partial charge in [0.05, 0.1) is 6.10 Å². The lowest BCUT2D eigenvalue weighted by Gasteiger charge is -2.36. The Labute approximate surface area is 148 Å². The van der Waals surface area contributed by atoms with Crippen LogP contribution in [-0.4, -0.2) is 53.1 Å². The van der Waals surface area contributed by atoms with Crippen molar-refractivity contribution in [2.75, 3.05) is 31.1 Å². The highest BCUT2D eigenvalue weighted by molar-refractivity contribution is 5.94. The number of hydrogen-bond acceptors (Lipinski definition) is 5. The third-order valence-corrected chi connectivity index (χ3v) is 4.47. The van der Waals surface area contributed by atoms with Crippen LogP contribution in [0.4, 0.5) is 5.69 Å². The highest BCUT2D eigenvalue weighted by atomic mass is 16.5. The maximum atomic E-state index is 12.8. The molecule has 1 atom stereocenters. The smallest absolute Gasteiger partial charge is 0.254 e. The molecule has 6 heteroatoms. The van der Waals surface area contributed by atoms with Crippen LogP contribution >= 0.6 is 0 Å². The number of amides is 1. The molecule has 0 aliphatic carbocycles. The molecule has 1 amide bonds. The third-order valence-electron chi connectivity index (χ3n) is 4.47. The van der Waals surface area contributed by atoms with Gasteiger partial charge in [0.2, 0.25) is 5.88 Å². The molecular weight excluding hydrogens is 316 g/mol. The summed E-state index contributed by atoms with van der Waals surface area (Å²) in [6.07, 6.45) is 6.21. The summed E-state index contributed by atoms with van der Waals surface area (Å²) in [4.78, 5) is 25.2. The second kappa shape index (κ2) is 7.96. The first kappa shape index (κ1) is 17.2. The molecule has 0 bridgehead atoms. The van der Waals surface area contributed by atoms with Crippen LogP contribution in [0, 0.1) is 0 Å². The lowest BCUT2D eigenvalue weighted by Crippen LogP contribution is -2.48. The van der Waals surface area contributed by atoms with Crippen LogP contribution < -0.4 is 9.64 Å². The van der Waals surface area contributed by atoms with Gasteiger partial charge in [-0.25, -0.2) is 4.98 Å². The van der Waals surface area contributed by atoms with Crippen LogP contribution in [0.1, 0.15) is 30.6 Å².